The Morgan fingerprint density at radius 1 is 1.40 bits per heavy atom. The molecule has 0 atom stereocenters. The van der Waals surface area contributed by atoms with E-state index in [2.05, 4.69) is 11.4 Å². The van der Waals surface area contributed by atoms with E-state index in [0.717, 1.165) is 19.0 Å². The third-order valence-corrected chi connectivity index (χ3v) is 2.67. The molecule has 56 valence electrons. The third kappa shape index (κ3) is 1.24. The number of hydrogen-bond donors (Lipinski definition) is 1. The highest BCUT2D eigenvalue weighted by atomic mass is 14.9. The predicted octanol–water partition coefficient (Wildman–Crippen LogP) is 1.71. The SMILES string of the molecule is C(CC1CCC1)=C1CNC1. The van der Waals surface area contributed by atoms with Crippen molar-refractivity contribution in [3.63, 3.8) is 0 Å². The van der Waals surface area contributed by atoms with Crippen LogP contribution in [-0.4, -0.2) is 13.1 Å². The van der Waals surface area contributed by atoms with Crippen molar-refractivity contribution in [3.8, 4) is 0 Å². The summed E-state index contributed by atoms with van der Waals surface area (Å²) in [5, 5.41) is 3.25. The second-order valence-corrected chi connectivity index (χ2v) is 3.50. The molecule has 1 heteroatoms. The van der Waals surface area contributed by atoms with Gasteiger partial charge in [0.25, 0.3) is 0 Å². The zero-order valence-corrected chi connectivity index (χ0v) is 6.40. The van der Waals surface area contributed by atoms with Crippen LogP contribution in [-0.2, 0) is 0 Å². The number of hydrogen-bond acceptors (Lipinski definition) is 1. The van der Waals surface area contributed by atoms with Gasteiger partial charge in [0, 0.05) is 13.1 Å². The van der Waals surface area contributed by atoms with E-state index in [4.69, 9.17) is 0 Å². The van der Waals surface area contributed by atoms with E-state index >= 15 is 0 Å². The maximum Gasteiger partial charge on any atom is 0.0180 e. The van der Waals surface area contributed by atoms with Gasteiger partial charge in [0.05, 0.1) is 0 Å². The van der Waals surface area contributed by atoms with Crippen molar-refractivity contribution in [2.45, 2.75) is 25.7 Å². The summed E-state index contributed by atoms with van der Waals surface area (Å²) in [5.41, 5.74) is 1.63. The van der Waals surface area contributed by atoms with E-state index in [-0.39, 0.29) is 0 Å². The summed E-state index contributed by atoms with van der Waals surface area (Å²) in [4.78, 5) is 0. The summed E-state index contributed by atoms with van der Waals surface area (Å²) in [6.07, 6.45) is 8.25. The molecule has 0 amide bonds. The van der Waals surface area contributed by atoms with Crippen LogP contribution in [0.2, 0.25) is 0 Å². The van der Waals surface area contributed by atoms with E-state index in [9.17, 15) is 0 Å². The summed E-state index contributed by atoms with van der Waals surface area (Å²) >= 11 is 0. The summed E-state index contributed by atoms with van der Waals surface area (Å²) in [6, 6.07) is 0. The van der Waals surface area contributed by atoms with Gasteiger partial charge in [-0.3, -0.25) is 0 Å². The molecule has 1 aliphatic carbocycles. The molecule has 2 aliphatic rings. The largest absolute Gasteiger partial charge is 0.309 e. The van der Waals surface area contributed by atoms with Crippen molar-refractivity contribution in [1.29, 1.82) is 0 Å². The quantitative estimate of drug-likeness (QED) is 0.571. The molecule has 1 heterocycles. The molecule has 10 heavy (non-hydrogen) atoms. The molecule has 1 saturated heterocycles. The summed E-state index contributed by atoms with van der Waals surface area (Å²) in [6.45, 7) is 2.32. The van der Waals surface area contributed by atoms with Gasteiger partial charge in [-0.15, -0.1) is 0 Å². The molecule has 0 radical (unpaired) electrons. The first-order chi connectivity index (χ1) is 4.95. The van der Waals surface area contributed by atoms with Gasteiger partial charge in [-0.2, -0.15) is 0 Å². The molecular weight excluding hydrogens is 122 g/mol. The third-order valence-electron chi connectivity index (χ3n) is 2.67. The van der Waals surface area contributed by atoms with Gasteiger partial charge < -0.3 is 5.32 Å². The minimum Gasteiger partial charge on any atom is -0.309 e. The van der Waals surface area contributed by atoms with E-state index in [1.54, 1.807) is 5.57 Å². The fraction of sp³-hybridized carbons (Fsp3) is 0.778. The van der Waals surface area contributed by atoms with Crippen LogP contribution in [0.25, 0.3) is 0 Å². The fourth-order valence-electron chi connectivity index (χ4n) is 1.48. The Balaban J connectivity index is 1.69. The first-order valence-electron chi connectivity index (χ1n) is 4.34. The van der Waals surface area contributed by atoms with Crippen molar-refractivity contribution in [2.75, 3.05) is 13.1 Å². The minimum absolute atomic E-state index is 1.05. The smallest absolute Gasteiger partial charge is 0.0180 e. The molecule has 2 fully saturated rings. The second kappa shape index (κ2) is 2.75. The first kappa shape index (κ1) is 6.41. The highest BCUT2D eigenvalue weighted by molar-refractivity contribution is 5.14. The highest BCUT2D eigenvalue weighted by Gasteiger charge is 2.16. The van der Waals surface area contributed by atoms with Crippen LogP contribution >= 0.6 is 0 Å². The normalized spacial score (nSPS) is 25.4. The van der Waals surface area contributed by atoms with Crippen LogP contribution in [0.5, 0.6) is 0 Å². The molecule has 1 aliphatic heterocycles. The molecule has 0 bridgehead atoms. The Morgan fingerprint density at radius 3 is 2.60 bits per heavy atom. The summed E-state index contributed by atoms with van der Waals surface area (Å²) in [7, 11) is 0. The second-order valence-electron chi connectivity index (χ2n) is 3.50. The molecule has 0 aromatic rings. The van der Waals surface area contributed by atoms with Crippen LogP contribution in [0.1, 0.15) is 25.7 Å². The molecule has 1 N–H and O–H groups in total. The minimum atomic E-state index is 1.05. The van der Waals surface area contributed by atoms with Crippen LogP contribution in [0.4, 0.5) is 0 Å². The monoisotopic (exact) mass is 137 g/mol. The molecule has 0 aromatic heterocycles. The Labute approximate surface area is 62.5 Å². The van der Waals surface area contributed by atoms with Crippen molar-refractivity contribution < 1.29 is 0 Å². The predicted molar refractivity (Wildman–Crippen MR) is 42.9 cm³/mol. The summed E-state index contributed by atoms with van der Waals surface area (Å²) in [5.74, 6) is 1.05. The molecular formula is C9H15N. The van der Waals surface area contributed by atoms with Gasteiger partial charge in [0.1, 0.15) is 0 Å². The van der Waals surface area contributed by atoms with E-state index in [1.807, 2.05) is 0 Å². The number of nitrogens with one attached hydrogen (secondary N) is 1. The Bertz CT molecular complexity index is 139. The average Bonchev–Trinajstić information content (AvgIpc) is 1.70. The van der Waals surface area contributed by atoms with Crippen LogP contribution in [0, 0.1) is 5.92 Å². The lowest BCUT2D eigenvalue weighted by Gasteiger charge is -2.25. The fourth-order valence-corrected chi connectivity index (χ4v) is 1.48. The standard InChI is InChI=1S/C9H15N/c1-2-8(3-1)4-5-9-6-10-7-9/h5,8,10H,1-4,6-7H2. The highest BCUT2D eigenvalue weighted by Crippen LogP contribution is 2.30. The van der Waals surface area contributed by atoms with Crippen molar-refractivity contribution in [1.82, 2.24) is 5.32 Å². The maximum absolute atomic E-state index is 3.25. The van der Waals surface area contributed by atoms with E-state index in [1.165, 1.54) is 25.7 Å². The first-order valence-corrected chi connectivity index (χ1v) is 4.34. The zero-order chi connectivity index (χ0) is 6.81. The van der Waals surface area contributed by atoms with Gasteiger partial charge >= 0.3 is 0 Å². The van der Waals surface area contributed by atoms with E-state index in [0.29, 0.717) is 0 Å². The topological polar surface area (TPSA) is 12.0 Å². The van der Waals surface area contributed by atoms with Gasteiger partial charge in [-0.25, -0.2) is 0 Å². The zero-order valence-electron chi connectivity index (χ0n) is 6.40. The lowest BCUT2D eigenvalue weighted by molar-refractivity contribution is 0.318. The van der Waals surface area contributed by atoms with Crippen LogP contribution in [0.3, 0.4) is 0 Å². The Morgan fingerprint density at radius 2 is 2.20 bits per heavy atom. The van der Waals surface area contributed by atoms with Gasteiger partial charge in [0.15, 0.2) is 0 Å². The average molecular weight is 137 g/mol. The van der Waals surface area contributed by atoms with Crippen LogP contribution in [0.15, 0.2) is 11.6 Å². The maximum atomic E-state index is 3.25. The molecule has 2 rings (SSSR count). The molecule has 1 nitrogen and oxygen atoms in total. The Hall–Kier alpha value is -0.300. The van der Waals surface area contributed by atoms with E-state index < -0.39 is 0 Å². The van der Waals surface area contributed by atoms with Gasteiger partial charge in [0.2, 0.25) is 0 Å². The van der Waals surface area contributed by atoms with Gasteiger partial charge in [-0.05, 0) is 17.9 Å². The van der Waals surface area contributed by atoms with Gasteiger partial charge in [-0.1, -0.05) is 25.3 Å². The lowest BCUT2D eigenvalue weighted by atomic mass is 9.82. The molecule has 0 spiro atoms. The summed E-state index contributed by atoms with van der Waals surface area (Å²) < 4.78 is 0. The van der Waals surface area contributed by atoms with Crippen molar-refractivity contribution in [2.24, 2.45) is 5.92 Å². The Kier molecular flexibility index (Phi) is 1.76. The number of allylic oxidation sites excluding steroid dienone is 1. The lowest BCUT2D eigenvalue weighted by Crippen LogP contribution is -2.33. The van der Waals surface area contributed by atoms with Crippen molar-refractivity contribution >= 4 is 0 Å². The molecule has 0 unspecified atom stereocenters. The molecule has 0 aromatic carbocycles. The number of rotatable bonds is 2. The van der Waals surface area contributed by atoms with Crippen molar-refractivity contribution in [3.05, 3.63) is 11.6 Å². The molecule has 1 saturated carbocycles. The van der Waals surface area contributed by atoms with Crippen LogP contribution < -0.4 is 5.32 Å².